The first-order valence-electron chi connectivity index (χ1n) is 6.31. The number of halogens is 1. The van der Waals surface area contributed by atoms with Gasteiger partial charge in [0.2, 0.25) is 0 Å². The lowest BCUT2D eigenvalue weighted by Crippen LogP contribution is -2.18. The van der Waals surface area contributed by atoms with E-state index in [0.29, 0.717) is 5.41 Å². The minimum Gasteiger partial charge on any atom is -0.330 e. The van der Waals surface area contributed by atoms with E-state index in [1.807, 2.05) is 0 Å². The average Bonchev–Trinajstić information content (AvgIpc) is 2.21. The van der Waals surface area contributed by atoms with Gasteiger partial charge >= 0.3 is 0 Å². The van der Waals surface area contributed by atoms with Gasteiger partial charge in [0.15, 0.2) is 0 Å². The van der Waals surface area contributed by atoms with Crippen molar-refractivity contribution in [2.45, 2.75) is 47.0 Å². The molecule has 0 aliphatic heterocycles. The molecule has 1 nitrogen and oxygen atoms in total. The number of hydrogen-bond donors (Lipinski definition) is 1. The molecule has 1 aromatic carbocycles. The Bertz CT molecular complexity index is 383. The van der Waals surface area contributed by atoms with Gasteiger partial charge in [0, 0.05) is 5.02 Å². The van der Waals surface area contributed by atoms with Crippen molar-refractivity contribution in [2.75, 3.05) is 6.54 Å². The molecule has 96 valence electrons. The summed E-state index contributed by atoms with van der Waals surface area (Å²) in [6.45, 7) is 9.55. The van der Waals surface area contributed by atoms with E-state index in [4.69, 9.17) is 17.3 Å². The molecule has 0 amide bonds. The van der Waals surface area contributed by atoms with Crippen LogP contribution >= 0.6 is 11.6 Å². The first kappa shape index (κ1) is 14.5. The monoisotopic (exact) mass is 253 g/mol. The molecule has 0 unspecified atom stereocenters. The molecule has 0 bridgehead atoms. The molecule has 0 saturated heterocycles. The van der Waals surface area contributed by atoms with Crippen molar-refractivity contribution in [2.24, 2.45) is 11.1 Å². The van der Waals surface area contributed by atoms with Gasteiger partial charge < -0.3 is 5.73 Å². The van der Waals surface area contributed by atoms with Crippen LogP contribution in [-0.2, 0) is 6.42 Å². The molecule has 0 aliphatic rings. The van der Waals surface area contributed by atoms with E-state index in [0.717, 1.165) is 24.4 Å². The SMILES string of the molecule is Cc1cc(CCC(C)(C)CCN)c(C)cc1Cl. The van der Waals surface area contributed by atoms with Crippen molar-refractivity contribution in [3.05, 3.63) is 33.8 Å². The van der Waals surface area contributed by atoms with Crippen molar-refractivity contribution < 1.29 is 0 Å². The summed E-state index contributed by atoms with van der Waals surface area (Å²) < 4.78 is 0. The highest BCUT2D eigenvalue weighted by atomic mass is 35.5. The number of nitrogens with two attached hydrogens (primary N) is 1. The predicted octanol–water partition coefficient (Wildman–Crippen LogP) is 4.26. The van der Waals surface area contributed by atoms with Crippen LogP contribution in [0.3, 0.4) is 0 Å². The van der Waals surface area contributed by atoms with E-state index in [1.165, 1.54) is 23.1 Å². The van der Waals surface area contributed by atoms with Crippen LogP contribution in [0.15, 0.2) is 12.1 Å². The number of benzene rings is 1. The quantitative estimate of drug-likeness (QED) is 0.834. The molecular formula is C15H24ClN. The van der Waals surface area contributed by atoms with Gasteiger partial charge in [-0.05, 0) is 67.8 Å². The zero-order valence-electron chi connectivity index (χ0n) is 11.4. The van der Waals surface area contributed by atoms with Gasteiger partial charge in [-0.25, -0.2) is 0 Å². The van der Waals surface area contributed by atoms with Crippen molar-refractivity contribution in [3.63, 3.8) is 0 Å². The number of rotatable bonds is 5. The van der Waals surface area contributed by atoms with Gasteiger partial charge in [-0.2, -0.15) is 0 Å². The normalized spacial score (nSPS) is 11.9. The highest BCUT2D eigenvalue weighted by Crippen LogP contribution is 2.28. The molecule has 0 fully saturated rings. The minimum atomic E-state index is 0.328. The molecule has 0 atom stereocenters. The molecule has 0 saturated carbocycles. The third-order valence-electron chi connectivity index (χ3n) is 3.51. The maximum absolute atomic E-state index is 6.11. The maximum Gasteiger partial charge on any atom is 0.0438 e. The van der Waals surface area contributed by atoms with Crippen molar-refractivity contribution in [3.8, 4) is 0 Å². The molecule has 1 aromatic rings. The molecule has 1 rings (SSSR count). The van der Waals surface area contributed by atoms with Gasteiger partial charge in [0.25, 0.3) is 0 Å². The van der Waals surface area contributed by atoms with Gasteiger partial charge in [-0.3, -0.25) is 0 Å². The second kappa shape index (κ2) is 5.88. The molecule has 2 N–H and O–H groups in total. The topological polar surface area (TPSA) is 26.0 Å². The standard InChI is InChI=1S/C15H24ClN/c1-11-10-14(16)12(2)9-13(11)5-6-15(3,4)7-8-17/h9-10H,5-8,17H2,1-4H3. The average molecular weight is 254 g/mol. The lowest BCUT2D eigenvalue weighted by Gasteiger charge is -2.24. The number of hydrogen-bond acceptors (Lipinski definition) is 1. The summed E-state index contributed by atoms with van der Waals surface area (Å²) in [4.78, 5) is 0. The van der Waals surface area contributed by atoms with Crippen LogP contribution in [0.2, 0.25) is 5.02 Å². The highest BCUT2D eigenvalue weighted by molar-refractivity contribution is 6.31. The summed E-state index contributed by atoms with van der Waals surface area (Å²) in [6.07, 6.45) is 3.36. The van der Waals surface area contributed by atoms with Crippen molar-refractivity contribution in [1.82, 2.24) is 0 Å². The van der Waals surface area contributed by atoms with Crippen LogP contribution < -0.4 is 5.73 Å². The van der Waals surface area contributed by atoms with E-state index in [1.54, 1.807) is 0 Å². The van der Waals surface area contributed by atoms with Crippen LogP contribution in [0.5, 0.6) is 0 Å². The van der Waals surface area contributed by atoms with E-state index < -0.39 is 0 Å². The van der Waals surface area contributed by atoms with Gasteiger partial charge in [0.05, 0.1) is 0 Å². The molecule has 0 heterocycles. The maximum atomic E-state index is 6.11. The highest BCUT2D eigenvalue weighted by Gasteiger charge is 2.17. The Hall–Kier alpha value is -0.530. The van der Waals surface area contributed by atoms with E-state index >= 15 is 0 Å². The third-order valence-corrected chi connectivity index (χ3v) is 3.92. The summed E-state index contributed by atoms with van der Waals surface area (Å²) in [5.74, 6) is 0. The molecule has 17 heavy (non-hydrogen) atoms. The second-order valence-electron chi connectivity index (χ2n) is 5.73. The molecule has 0 spiro atoms. The van der Waals surface area contributed by atoms with Gasteiger partial charge in [-0.15, -0.1) is 0 Å². The van der Waals surface area contributed by atoms with Gasteiger partial charge in [-0.1, -0.05) is 31.5 Å². The fourth-order valence-electron chi connectivity index (χ4n) is 2.10. The lowest BCUT2D eigenvalue weighted by atomic mass is 9.82. The van der Waals surface area contributed by atoms with Crippen LogP contribution in [-0.4, -0.2) is 6.54 Å². The first-order valence-corrected chi connectivity index (χ1v) is 6.69. The largest absolute Gasteiger partial charge is 0.330 e. The third kappa shape index (κ3) is 4.33. The summed E-state index contributed by atoms with van der Waals surface area (Å²) in [7, 11) is 0. The zero-order chi connectivity index (χ0) is 13.1. The van der Waals surface area contributed by atoms with Crippen molar-refractivity contribution >= 4 is 11.6 Å². The lowest BCUT2D eigenvalue weighted by molar-refractivity contribution is 0.313. The smallest absolute Gasteiger partial charge is 0.0438 e. The molecule has 2 heteroatoms. The van der Waals surface area contributed by atoms with E-state index in [9.17, 15) is 0 Å². The Morgan fingerprint density at radius 1 is 1.12 bits per heavy atom. The minimum absolute atomic E-state index is 0.328. The second-order valence-corrected chi connectivity index (χ2v) is 6.14. The summed E-state index contributed by atoms with van der Waals surface area (Å²) in [5.41, 5.74) is 9.85. The molecule has 0 aliphatic carbocycles. The Balaban J connectivity index is 2.73. The summed E-state index contributed by atoms with van der Waals surface area (Å²) in [5, 5.41) is 0.868. The van der Waals surface area contributed by atoms with Crippen LogP contribution in [0.1, 0.15) is 43.4 Å². The van der Waals surface area contributed by atoms with E-state index in [-0.39, 0.29) is 0 Å². The summed E-state index contributed by atoms with van der Waals surface area (Å²) >= 11 is 6.11. The van der Waals surface area contributed by atoms with Crippen molar-refractivity contribution in [1.29, 1.82) is 0 Å². The van der Waals surface area contributed by atoms with Crippen LogP contribution in [0.4, 0.5) is 0 Å². The number of aryl methyl sites for hydroxylation is 3. The Labute approximate surface area is 110 Å². The zero-order valence-corrected chi connectivity index (χ0v) is 12.2. The van der Waals surface area contributed by atoms with Gasteiger partial charge in [0.1, 0.15) is 0 Å². The summed E-state index contributed by atoms with van der Waals surface area (Å²) in [6, 6.07) is 4.29. The van der Waals surface area contributed by atoms with E-state index in [2.05, 4.69) is 39.8 Å². The molecule has 0 aromatic heterocycles. The fourth-order valence-corrected chi connectivity index (χ4v) is 2.32. The Kier molecular flexibility index (Phi) is 5.03. The predicted molar refractivity (Wildman–Crippen MR) is 76.7 cm³/mol. The fraction of sp³-hybridized carbons (Fsp3) is 0.600. The van der Waals surface area contributed by atoms with Crippen LogP contribution in [0, 0.1) is 19.3 Å². The molecule has 0 radical (unpaired) electrons. The van der Waals surface area contributed by atoms with Crippen LogP contribution in [0.25, 0.3) is 0 Å². The Morgan fingerprint density at radius 2 is 1.76 bits per heavy atom. The first-order chi connectivity index (χ1) is 7.85. The molecular weight excluding hydrogens is 230 g/mol. The Morgan fingerprint density at radius 3 is 2.35 bits per heavy atom.